The molecule has 4 rings (SSSR count). The third-order valence-electron chi connectivity index (χ3n) is 4.92. The number of allylic oxidation sites excluding steroid dienone is 1. The topological polar surface area (TPSA) is 81.1 Å². The number of benzene rings is 2. The van der Waals surface area contributed by atoms with Crippen molar-refractivity contribution >= 4 is 17.5 Å². The Morgan fingerprint density at radius 3 is 2.61 bits per heavy atom. The molecule has 0 aliphatic carbocycles. The number of amides is 1. The lowest BCUT2D eigenvalue weighted by atomic mass is 9.95. The molecule has 160 valence electrons. The molecule has 7 nitrogen and oxygen atoms in total. The molecule has 2 N–H and O–H groups in total. The van der Waals surface area contributed by atoms with E-state index in [1.54, 1.807) is 43.0 Å². The Bertz CT molecular complexity index is 1150. The number of nitrogens with one attached hydrogen (secondary N) is 2. The number of alkyl halides is 3. The molecule has 0 spiro atoms. The minimum Gasteiger partial charge on any atom is -0.497 e. The van der Waals surface area contributed by atoms with Crippen LogP contribution in [0.5, 0.6) is 5.75 Å². The van der Waals surface area contributed by atoms with Crippen molar-refractivity contribution in [2.45, 2.75) is 19.1 Å². The molecule has 1 amide bonds. The van der Waals surface area contributed by atoms with Crippen LogP contribution in [0.15, 0.2) is 66.1 Å². The number of hydrogen-bond acceptors (Lipinski definition) is 5. The quantitative estimate of drug-likeness (QED) is 0.649. The molecule has 2 heterocycles. The minimum atomic E-state index is -4.51. The van der Waals surface area contributed by atoms with Crippen LogP contribution in [0.4, 0.5) is 24.8 Å². The highest BCUT2D eigenvalue weighted by Gasteiger charge is 2.34. The molecule has 2 aromatic carbocycles. The van der Waals surface area contributed by atoms with Crippen molar-refractivity contribution in [2.75, 3.05) is 17.7 Å². The Morgan fingerprint density at radius 2 is 1.94 bits per heavy atom. The van der Waals surface area contributed by atoms with Gasteiger partial charge in [-0.05, 0) is 42.8 Å². The van der Waals surface area contributed by atoms with Gasteiger partial charge in [0.25, 0.3) is 5.91 Å². The number of rotatable bonds is 4. The van der Waals surface area contributed by atoms with E-state index in [1.807, 2.05) is 0 Å². The number of carbonyl (C=O) groups is 1. The number of anilines is 2. The summed E-state index contributed by atoms with van der Waals surface area (Å²) in [5.74, 6) is 0.549. The van der Waals surface area contributed by atoms with Gasteiger partial charge in [0.1, 0.15) is 18.1 Å². The fourth-order valence-electron chi connectivity index (χ4n) is 3.45. The van der Waals surface area contributed by atoms with Crippen molar-refractivity contribution in [2.24, 2.45) is 0 Å². The fraction of sp³-hybridized carbons (Fsp3) is 0.190. The van der Waals surface area contributed by atoms with Crippen molar-refractivity contribution < 1.29 is 22.7 Å². The van der Waals surface area contributed by atoms with E-state index in [-0.39, 0.29) is 5.69 Å². The van der Waals surface area contributed by atoms with Crippen LogP contribution < -0.4 is 15.4 Å². The maximum absolute atomic E-state index is 13.2. The molecule has 0 radical (unpaired) electrons. The fourth-order valence-corrected chi connectivity index (χ4v) is 3.45. The zero-order valence-corrected chi connectivity index (χ0v) is 16.6. The Kier molecular flexibility index (Phi) is 5.14. The van der Waals surface area contributed by atoms with E-state index in [9.17, 15) is 18.0 Å². The van der Waals surface area contributed by atoms with Gasteiger partial charge in [0, 0.05) is 11.4 Å². The van der Waals surface area contributed by atoms with Crippen LogP contribution in [0.3, 0.4) is 0 Å². The summed E-state index contributed by atoms with van der Waals surface area (Å²) in [5.41, 5.74) is 0.759. The number of hydrogen-bond donors (Lipinski definition) is 2. The SMILES string of the molecule is COc1ccc(C2C(C(=O)Nc3cccc(C(F)(F)F)c3)=C(C)Nc3ncnn32)cc1. The summed E-state index contributed by atoms with van der Waals surface area (Å²) >= 11 is 0. The maximum Gasteiger partial charge on any atom is 0.416 e. The predicted octanol–water partition coefficient (Wildman–Crippen LogP) is 4.23. The molecular weight excluding hydrogens is 411 g/mol. The van der Waals surface area contributed by atoms with Gasteiger partial charge in [0.2, 0.25) is 5.95 Å². The van der Waals surface area contributed by atoms with Gasteiger partial charge in [-0.1, -0.05) is 18.2 Å². The summed E-state index contributed by atoms with van der Waals surface area (Å²) in [6.07, 6.45) is -3.15. The van der Waals surface area contributed by atoms with Crippen LogP contribution in [-0.2, 0) is 11.0 Å². The molecule has 0 saturated carbocycles. The van der Waals surface area contributed by atoms with E-state index in [0.29, 0.717) is 23.0 Å². The lowest BCUT2D eigenvalue weighted by Gasteiger charge is -2.28. The molecule has 0 fully saturated rings. The van der Waals surface area contributed by atoms with Gasteiger partial charge in [-0.25, -0.2) is 4.68 Å². The molecule has 1 aromatic heterocycles. The van der Waals surface area contributed by atoms with E-state index in [2.05, 4.69) is 20.7 Å². The normalized spacial score (nSPS) is 15.8. The first-order valence-electron chi connectivity index (χ1n) is 9.28. The first kappa shape index (κ1) is 20.5. The van der Waals surface area contributed by atoms with Crippen molar-refractivity contribution in [3.63, 3.8) is 0 Å². The zero-order valence-electron chi connectivity index (χ0n) is 16.6. The molecule has 0 bridgehead atoms. The van der Waals surface area contributed by atoms with E-state index in [0.717, 1.165) is 17.7 Å². The summed E-state index contributed by atoms with van der Waals surface area (Å²) in [5, 5.41) is 9.82. The minimum absolute atomic E-state index is 0.0398. The van der Waals surface area contributed by atoms with Gasteiger partial charge in [0.15, 0.2) is 0 Å². The largest absolute Gasteiger partial charge is 0.497 e. The van der Waals surface area contributed by atoms with Gasteiger partial charge in [-0.15, -0.1) is 0 Å². The van der Waals surface area contributed by atoms with E-state index >= 15 is 0 Å². The highest BCUT2D eigenvalue weighted by molar-refractivity contribution is 6.06. The van der Waals surface area contributed by atoms with Crippen LogP contribution >= 0.6 is 0 Å². The van der Waals surface area contributed by atoms with Crippen LogP contribution in [0.25, 0.3) is 0 Å². The van der Waals surface area contributed by atoms with Crippen molar-refractivity contribution in [1.29, 1.82) is 0 Å². The summed E-state index contributed by atoms with van der Waals surface area (Å²) in [7, 11) is 1.55. The first-order valence-corrected chi connectivity index (χ1v) is 9.28. The maximum atomic E-state index is 13.2. The average molecular weight is 429 g/mol. The molecule has 10 heteroatoms. The summed E-state index contributed by atoms with van der Waals surface area (Å²) in [4.78, 5) is 17.4. The average Bonchev–Trinajstić information content (AvgIpc) is 3.20. The van der Waals surface area contributed by atoms with Gasteiger partial charge in [0.05, 0.1) is 18.2 Å². The monoisotopic (exact) mass is 429 g/mol. The molecule has 1 aliphatic rings. The van der Waals surface area contributed by atoms with Crippen LogP contribution in [0.2, 0.25) is 0 Å². The molecule has 1 aliphatic heterocycles. The Hall–Kier alpha value is -3.82. The second-order valence-corrected chi connectivity index (χ2v) is 6.90. The molecule has 1 unspecified atom stereocenters. The summed E-state index contributed by atoms with van der Waals surface area (Å²) in [6, 6.07) is 11.0. The van der Waals surface area contributed by atoms with E-state index < -0.39 is 23.7 Å². The second kappa shape index (κ2) is 7.78. The van der Waals surface area contributed by atoms with Crippen LogP contribution in [-0.4, -0.2) is 27.8 Å². The predicted molar refractivity (Wildman–Crippen MR) is 108 cm³/mol. The molecule has 0 saturated heterocycles. The standard InChI is InChI=1S/C21H18F3N5O2/c1-12-17(19(30)28-15-5-3-4-14(10-15)21(22,23)24)18(29-20(27-12)25-11-26-29)13-6-8-16(31-2)9-7-13/h3-11,18H,1-2H3,(H,28,30)(H,25,26,27). The Labute approximate surface area is 175 Å². The number of methoxy groups -OCH3 is 1. The number of fused-ring (bicyclic) bond motifs is 1. The van der Waals surface area contributed by atoms with Crippen molar-refractivity contribution in [3.05, 3.63) is 77.3 Å². The Morgan fingerprint density at radius 1 is 1.19 bits per heavy atom. The van der Waals surface area contributed by atoms with E-state index in [4.69, 9.17) is 4.74 Å². The highest BCUT2D eigenvalue weighted by Crippen LogP contribution is 2.36. The zero-order chi connectivity index (χ0) is 22.2. The molecule has 3 aromatic rings. The number of nitrogens with zero attached hydrogens (tertiary/aromatic N) is 3. The highest BCUT2D eigenvalue weighted by atomic mass is 19.4. The summed E-state index contributed by atoms with van der Waals surface area (Å²) in [6.45, 7) is 1.70. The number of halogens is 3. The van der Waals surface area contributed by atoms with E-state index in [1.165, 1.54) is 18.5 Å². The van der Waals surface area contributed by atoms with Gasteiger partial charge >= 0.3 is 6.18 Å². The lowest BCUT2D eigenvalue weighted by molar-refractivity contribution is -0.137. The van der Waals surface area contributed by atoms with Gasteiger partial charge < -0.3 is 15.4 Å². The second-order valence-electron chi connectivity index (χ2n) is 6.90. The van der Waals surface area contributed by atoms with Crippen LogP contribution in [0.1, 0.15) is 24.1 Å². The third-order valence-corrected chi connectivity index (χ3v) is 4.92. The van der Waals surface area contributed by atoms with Gasteiger partial charge in [-0.2, -0.15) is 23.3 Å². The molecule has 1 atom stereocenters. The van der Waals surface area contributed by atoms with Crippen molar-refractivity contribution in [1.82, 2.24) is 14.8 Å². The number of carbonyl (C=O) groups excluding carboxylic acids is 1. The third kappa shape index (κ3) is 3.96. The summed E-state index contributed by atoms with van der Waals surface area (Å²) < 4.78 is 45.9. The van der Waals surface area contributed by atoms with Crippen molar-refractivity contribution in [3.8, 4) is 5.75 Å². The lowest BCUT2D eigenvalue weighted by Crippen LogP contribution is -2.31. The molecule has 31 heavy (non-hydrogen) atoms. The number of aromatic nitrogens is 3. The Balaban J connectivity index is 1.71. The van der Waals surface area contributed by atoms with Gasteiger partial charge in [-0.3, -0.25) is 4.79 Å². The smallest absolute Gasteiger partial charge is 0.416 e. The van der Waals surface area contributed by atoms with Crippen LogP contribution in [0, 0.1) is 0 Å². The number of ether oxygens (including phenoxy) is 1. The molecular formula is C21H18F3N5O2. The first-order chi connectivity index (χ1) is 14.8.